The lowest BCUT2D eigenvalue weighted by Crippen LogP contribution is -3.12. The van der Waals surface area contributed by atoms with Gasteiger partial charge >= 0.3 is 0 Å². The molecule has 4 rings (SSSR count). The molecular weight excluding hydrogens is 312 g/mol. The Bertz CT molecular complexity index is 597. The minimum absolute atomic E-state index is 0.242. The fraction of sp³-hybridized carbons (Fsp3) is 0.667. The molecule has 1 saturated heterocycles. The molecule has 3 atom stereocenters. The molecular formula is C21H31N2O2+. The summed E-state index contributed by atoms with van der Waals surface area (Å²) in [4.78, 5) is 14.0. The first-order valence-corrected chi connectivity index (χ1v) is 10.0. The maximum atomic E-state index is 12.4. The number of morpholine rings is 1. The van der Waals surface area contributed by atoms with E-state index in [2.05, 4.69) is 29.6 Å². The summed E-state index contributed by atoms with van der Waals surface area (Å²) in [6.45, 7) is 5.56. The molecule has 4 heteroatoms. The zero-order valence-electron chi connectivity index (χ0n) is 15.1. The second-order valence-corrected chi connectivity index (χ2v) is 8.22. The number of rotatable bonds is 6. The summed E-state index contributed by atoms with van der Waals surface area (Å²) in [6, 6.07) is 8.55. The van der Waals surface area contributed by atoms with Crippen LogP contribution in [0.3, 0.4) is 0 Å². The van der Waals surface area contributed by atoms with Gasteiger partial charge in [-0.25, -0.2) is 0 Å². The summed E-state index contributed by atoms with van der Waals surface area (Å²) < 4.78 is 5.45. The molecule has 3 fully saturated rings. The van der Waals surface area contributed by atoms with Crippen LogP contribution in [0, 0.1) is 17.8 Å². The molecule has 25 heavy (non-hydrogen) atoms. The predicted octanol–water partition coefficient (Wildman–Crippen LogP) is 1.54. The lowest BCUT2D eigenvalue weighted by molar-refractivity contribution is -0.921. The van der Waals surface area contributed by atoms with Crippen molar-refractivity contribution in [3.63, 3.8) is 0 Å². The molecule has 0 aromatic heterocycles. The van der Waals surface area contributed by atoms with E-state index in [4.69, 9.17) is 4.74 Å². The summed E-state index contributed by atoms with van der Waals surface area (Å²) in [5.41, 5.74) is 2.63. The SMILES string of the molecule is O=C(C[C@@H]1C[C@@H]2CC[C@@H]1C2)NCc1ccccc1C[NH+]1CCOCC1. The molecule has 1 aromatic rings. The summed E-state index contributed by atoms with van der Waals surface area (Å²) in [5, 5.41) is 3.19. The van der Waals surface area contributed by atoms with Crippen molar-refractivity contribution in [2.24, 2.45) is 17.8 Å². The van der Waals surface area contributed by atoms with Crippen LogP contribution in [0.15, 0.2) is 24.3 Å². The van der Waals surface area contributed by atoms with Gasteiger partial charge in [-0.2, -0.15) is 0 Å². The number of carbonyl (C=O) groups is 1. The number of fused-ring (bicyclic) bond motifs is 2. The monoisotopic (exact) mass is 343 g/mol. The third kappa shape index (κ3) is 4.24. The highest BCUT2D eigenvalue weighted by Gasteiger charge is 2.40. The van der Waals surface area contributed by atoms with Crippen LogP contribution in [0.5, 0.6) is 0 Å². The maximum Gasteiger partial charge on any atom is 0.220 e. The van der Waals surface area contributed by atoms with E-state index in [0.29, 0.717) is 12.5 Å². The Labute approximate surface area is 150 Å². The van der Waals surface area contributed by atoms with Gasteiger partial charge < -0.3 is 15.0 Å². The third-order valence-corrected chi connectivity index (χ3v) is 6.57. The number of amides is 1. The topological polar surface area (TPSA) is 42.8 Å². The molecule has 1 aromatic carbocycles. The van der Waals surface area contributed by atoms with Gasteiger partial charge in [-0.05, 0) is 42.6 Å². The molecule has 1 amide bonds. The van der Waals surface area contributed by atoms with Crippen LogP contribution in [0.2, 0.25) is 0 Å². The normalized spacial score (nSPS) is 29.0. The van der Waals surface area contributed by atoms with E-state index in [9.17, 15) is 4.79 Å². The molecule has 4 nitrogen and oxygen atoms in total. The van der Waals surface area contributed by atoms with Crippen LogP contribution in [0.4, 0.5) is 0 Å². The first-order valence-electron chi connectivity index (χ1n) is 10.0. The molecule has 2 saturated carbocycles. The third-order valence-electron chi connectivity index (χ3n) is 6.57. The highest BCUT2D eigenvalue weighted by molar-refractivity contribution is 5.76. The van der Waals surface area contributed by atoms with Gasteiger partial charge in [0.25, 0.3) is 0 Å². The first kappa shape index (κ1) is 17.0. The van der Waals surface area contributed by atoms with E-state index >= 15 is 0 Å². The lowest BCUT2D eigenvalue weighted by atomic mass is 9.86. The fourth-order valence-electron chi connectivity index (χ4n) is 5.14. The number of hydrogen-bond acceptors (Lipinski definition) is 2. The number of benzene rings is 1. The van der Waals surface area contributed by atoms with Gasteiger partial charge in [0.05, 0.1) is 13.2 Å². The number of hydrogen-bond donors (Lipinski definition) is 2. The van der Waals surface area contributed by atoms with E-state index in [1.807, 2.05) is 0 Å². The van der Waals surface area contributed by atoms with Gasteiger partial charge in [0.1, 0.15) is 19.6 Å². The van der Waals surface area contributed by atoms with Crippen LogP contribution in [0.1, 0.15) is 43.2 Å². The number of quaternary nitrogens is 1. The van der Waals surface area contributed by atoms with Gasteiger partial charge in [-0.3, -0.25) is 4.79 Å². The number of ether oxygens (including phenoxy) is 1. The smallest absolute Gasteiger partial charge is 0.220 e. The Balaban J connectivity index is 1.29. The second kappa shape index (κ2) is 7.88. The van der Waals surface area contributed by atoms with Gasteiger partial charge in [0.2, 0.25) is 5.91 Å². The van der Waals surface area contributed by atoms with Crippen LogP contribution in [0.25, 0.3) is 0 Å². The van der Waals surface area contributed by atoms with Crippen molar-refractivity contribution in [1.29, 1.82) is 0 Å². The summed E-state index contributed by atoms with van der Waals surface area (Å²) in [6.07, 6.45) is 6.16. The molecule has 0 radical (unpaired) electrons. The van der Waals surface area contributed by atoms with Crippen LogP contribution < -0.4 is 10.2 Å². The Kier molecular flexibility index (Phi) is 5.37. The zero-order valence-corrected chi connectivity index (χ0v) is 15.1. The quantitative estimate of drug-likeness (QED) is 0.823. The molecule has 2 aliphatic carbocycles. The standard InChI is InChI=1S/C21H30N2O2/c24-21(13-20-12-16-5-6-17(20)11-16)22-14-18-3-1-2-4-19(18)15-23-7-9-25-10-8-23/h1-4,16-17,20H,5-15H2,(H,22,24)/p+1/t16-,17-,20+/m1/s1. The number of nitrogens with one attached hydrogen (secondary N) is 2. The fourth-order valence-corrected chi connectivity index (χ4v) is 5.14. The zero-order chi connectivity index (χ0) is 17.1. The van der Waals surface area contributed by atoms with Crippen molar-refractivity contribution in [2.45, 2.75) is 45.2 Å². The molecule has 2 N–H and O–H groups in total. The molecule has 3 aliphatic rings. The lowest BCUT2D eigenvalue weighted by Gasteiger charge is -2.25. The second-order valence-electron chi connectivity index (χ2n) is 8.22. The minimum atomic E-state index is 0.242. The number of carbonyl (C=O) groups excluding carboxylic acids is 1. The summed E-state index contributed by atoms with van der Waals surface area (Å²) in [7, 11) is 0. The Morgan fingerprint density at radius 2 is 1.92 bits per heavy atom. The average Bonchev–Trinajstić information content (AvgIpc) is 3.25. The minimum Gasteiger partial charge on any atom is -0.370 e. The Morgan fingerprint density at radius 1 is 1.12 bits per heavy atom. The molecule has 0 spiro atoms. The maximum absolute atomic E-state index is 12.4. The molecule has 0 unspecified atom stereocenters. The Hall–Kier alpha value is -1.39. The van der Waals surface area contributed by atoms with E-state index in [0.717, 1.165) is 51.1 Å². The largest absolute Gasteiger partial charge is 0.370 e. The highest BCUT2D eigenvalue weighted by atomic mass is 16.5. The summed E-state index contributed by atoms with van der Waals surface area (Å²) in [5.74, 6) is 2.63. The first-order chi connectivity index (χ1) is 12.3. The van der Waals surface area contributed by atoms with Gasteiger partial charge in [-0.1, -0.05) is 30.7 Å². The molecule has 1 aliphatic heterocycles. The van der Waals surface area contributed by atoms with Crippen molar-refractivity contribution < 1.29 is 14.4 Å². The van der Waals surface area contributed by atoms with Gasteiger partial charge in [0, 0.05) is 18.5 Å². The van der Waals surface area contributed by atoms with Crippen molar-refractivity contribution in [2.75, 3.05) is 26.3 Å². The van der Waals surface area contributed by atoms with Crippen LogP contribution >= 0.6 is 0 Å². The van der Waals surface area contributed by atoms with Crippen LogP contribution in [-0.2, 0) is 22.6 Å². The Morgan fingerprint density at radius 3 is 2.64 bits per heavy atom. The van der Waals surface area contributed by atoms with Crippen molar-refractivity contribution in [3.05, 3.63) is 35.4 Å². The van der Waals surface area contributed by atoms with Crippen LogP contribution in [-0.4, -0.2) is 32.2 Å². The van der Waals surface area contributed by atoms with E-state index in [1.165, 1.54) is 36.8 Å². The predicted molar refractivity (Wildman–Crippen MR) is 97.1 cm³/mol. The van der Waals surface area contributed by atoms with E-state index in [-0.39, 0.29) is 5.91 Å². The molecule has 2 bridgehead atoms. The van der Waals surface area contributed by atoms with E-state index in [1.54, 1.807) is 4.90 Å². The van der Waals surface area contributed by atoms with Crippen molar-refractivity contribution in [3.8, 4) is 0 Å². The van der Waals surface area contributed by atoms with Crippen molar-refractivity contribution >= 4 is 5.91 Å². The van der Waals surface area contributed by atoms with E-state index < -0.39 is 0 Å². The molecule has 1 heterocycles. The summed E-state index contributed by atoms with van der Waals surface area (Å²) >= 11 is 0. The van der Waals surface area contributed by atoms with Gasteiger partial charge in [-0.15, -0.1) is 0 Å². The molecule has 136 valence electrons. The highest BCUT2D eigenvalue weighted by Crippen LogP contribution is 2.49. The van der Waals surface area contributed by atoms with Gasteiger partial charge in [0.15, 0.2) is 0 Å². The average molecular weight is 343 g/mol. The van der Waals surface area contributed by atoms with Crippen molar-refractivity contribution in [1.82, 2.24) is 5.32 Å².